The molecule has 2 aromatic rings. The van der Waals surface area contributed by atoms with Crippen LogP contribution in [-0.4, -0.2) is 13.4 Å². The second-order valence-corrected chi connectivity index (χ2v) is 7.21. The number of fused-ring (bicyclic) bond motifs is 1. The third-order valence-electron chi connectivity index (χ3n) is 2.28. The molecule has 0 spiro atoms. The zero-order valence-electron chi connectivity index (χ0n) is 9.69. The fourth-order valence-corrected chi connectivity index (χ4v) is 3.00. The van der Waals surface area contributed by atoms with Crippen molar-refractivity contribution in [3.63, 3.8) is 0 Å². The van der Waals surface area contributed by atoms with Crippen LogP contribution in [0.1, 0.15) is 25.8 Å². The van der Waals surface area contributed by atoms with Gasteiger partial charge in [0.05, 0.1) is 15.2 Å². The molecule has 0 aliphatic heterocycles. The van der Waals surface area contributed by atoms with E-state index in [9.17, 15) is 12.3 Å². The van der Waals surface area contributed by atoms with Crippen LogP contribution in [0.2, 0.25) is 0 Å². The monoisotopic (exact) mass is 273 g/mol. The second-order valence-electron chi connectivity index (χ2n) is 4.84. The van der Waals surface area contributed by atoms with Gasteiger partial charge in [-0.15, -0.1) is 15.2 Å². The Kier molecular flexibility index (Phi) is 2.74. The first-order valence-electron chi connectivity index (χ1n) is 5.04. The lowest BCUT2D eigenvalue weighted by Crippen LogP contribution is -2.09. The van der Waals surface area contributed by atoms with Crippen LogP contribution in [0.25, 0.3) is 10.2 Å². The third kappa shape index (κ3) is 2.47. The number of halogens is 1. The van der Waals surface area contributed by atoms with Crippen molar-refractivity contribution < 1.29 is 12.3 Å². The summed E-state index contributed by atoms with van der Waals surface area (Å²) in [5.41, 5.74) is 0.602. The molecule has 92 valence electrons. The average molecular weight is 273 g/mol. The van der Waals surface area contributed by atoms with Crippen molar-refractivity contribution in [2.24, 2.45) is 0 Å². The van der Waals surface area contributed by atoms with Crippen LogP contribution in [-0.2, 0) is 15.6 Å². The van der Waals surface area contributed by atoms with Gasteiger partial charge in [0.1, 0.15) is 4.90 Å². The lowest BCUT2D eigenvalue weighted by atomic mass is 9.98. The summed E-state index contributed by atoms with van der Waals surface area (Å²) in [6.07, 6.45) is 0. The summed E-state index contributed by atoms with van der Waals surface area (Å²) in [4.78, 5) is 4.10. The highest BCUT2D eigenvalue weighted by atomic mass is 32.3. The summed E-state index contributed by atoms with van der Waals surface area (Å²) in [6.45, 7) is 6.08. The second kappa shape index (κ2) is 3.74. The topological polar surface area (TPSA) is 47.0 Å². The minimum atomic E-state index is -4.64. The Morgan fingerprint density at radius 1 is 1.29 bits per heavy atom. The van der Waals surface area contributed by atoms with E-state index in [-0.39, 0.29) is 10.3 Å². The maximum atomic E-state index is 12.8. The zero-order chi connectivity index (χ0) is 12.8. The van der Waals surface area contributed by atoms with Crippen molar-refractivity contribution in [3.8, 4) is 0 Å². The van der Waals surface area contributed by atoms with Crippen molar-refractivity contribution in [3.05, 3.63) is 23.2 Å². The number of benzene rings is 1. The molecule has 0 fully saturated rings. The fraction of sp³-hybridized carbons (Fsp3) is 0.364. The van der Waals surface area contributed by atoms with Crippen LogP contribution in [0, 0.1) is 0 Å². The van der Waals surface area contributed by atoms with Gasteiger partial charge in [-0.1, -0.05) is 20.8 Å². The van der Waals surface area contributed by atoms with Crippen molar-refractivity contribution >= 4 is 31.8 Å². The van der Waals surface area contributed by atoms with Gasteiger partial charge in [-0.3, -0.25) is 0 Å². The van der Waals surface area contributed by atoms with E-state index in [1.54, 1.807) is 0 Å². The molecule has 0 saturated carbocycles. The first kappa shape index (κ1) is 12.4. The van der Waals surface area contributed by atoms with E-state index in [2.05, 4.69) is 4.98 Å². The summed E-state index contributed by atoms with van der Waals surface area (Å²) in [7, 11) is -4.64. The standard InChI is InChI=1S/C11H12FNO2S2/c1-11(2,3)10-13-8-5-4-7(17(12,14)15)6-9(8)16-10/h4-6H,1-3H3. The van der Waals surface area contributed by atoms with E-state index in [0.717, 1.165) is 5.01 Å². The van der Waals surface area contributed by atoms with Gasteiger partial charge >= 0.3 is 10.2 Å². The van der Waals surface area contributed by atoms with Gasteiger partial charge < -0.3 is 0 Å². The van der Waals surface area contributed by atoms with Gasteiger partial charge in [0.15, 0.2) is 0 Å². The summed E-state index contributed by atoms with van der Waals surface area (Å²) < 4.78 is 35.1. The van der Waals surface area contributed by atoms with Crippen LogP contribution >= 0.6 is 11.3 Å². The molecule has 0 aliphatic rings. The first-order chi connectivity index (χ1) is 7.68. The number of thiazole rings is 1. The molecule has 0 N–H and O–H groups in total. The molecule has 1 heterocycles. The van der Waals surface area contributed by atoms with Gasteiger partial charge in [-0.05, 0) is 18.2 Å². The Morgan fingerprint density at radius 3 is 2.47 bits per heavy atom. The highest BCUT2D eigenvalue weighted by Gasteiger charge is 2.20. The Balaban J connectivity index is 2.64. The Bertz CT molecular complexity index is 668. The minimum Gasteiger partial charge on any atom is -0.241 e. The molecule has 0 amide bonds. The maximum absolute atomic E-state index is 12.8. The van der Waals surface area contributed by atoms with Crippen LogP contribution < -0.4 is 0 Å². The van der Waals surface area contributed by atoms with Crippen molar-refractivity contribution in [2.45, 2.75) is 31.1 Å². The predicted molar refractivity (Wildman–Crippen MR) is 66.6 cm³/mol. The molecule has 3 nitrogen and oxygen atoms in total. The SMILES string of the molecule is CC(C)(C)c1nc2ccc(S(=O)(=O)F)cc2s1. The zero-order valence-corrected chi connectivity index (χ0v) is 11.3. The Hall–Kier alpha value is -1.01. The number of nitrogens with zero attached hydrogens (tertiary/aromatic N) is 1. The van der Waals surface area contributed by atoms with Gasteiger partial charge in [0.2, 0.25) is 0 Å². The van der Waals surface area contributed by atoms with Crippen molar-refractivity contribution in [1.82, 2.24) is 4.98 Å². The Morgan fingerprint density at radius 2 is 1.94 bits per heavy atom. The smallest absolute Gasteiger partial charge is 0.241 e. The Labute approximate surface area is 104 Å². The third-order valence-corrected chi connectivity index (χ3v) is 4.54. The predicted octanol–water partition coefficient (Wildman–Crippen LogP) is 3.25. The molecule has 0 atom stereocenters. The number of hydrogen-bond donors (Lipinski definition) is 0. The van der Waals surface area contributed by atoms with Crippen LogP contribution in [0.15, 0.2) is 23.1 Å². The molecule has 0 aliphatic carbocycles. The van der Waals surface area contributed by atoms with E-state index in [4.69, 9.17) is 0 Å². The largest absolute Gasteiger partial charge is 0.332 e. The van der Waals surface area contributed by atoms with Gasteiger partial charge in [0, 0.05) is 5.41 Å². The number of hydrogen-bond acceptors (Lipinski definition) is 4. The summed E-state index contributed by atoms with van der Waals surface area (Å²) >= 11 is 1.39. The molecule has 6 heteroatoms. The molecule has 1 aromatic heterocycles. The molecule has 0 saturated heterocycles. The lowest BCUT2D eigenvalue weighted by molar-refractivity contribution is 0.552. The average Bonchev–Trinajstić information content (AvgIpc) is 2.57. The summed E-state index contributed by atoms with van der Waals surface area (Å²) in [5, 5.41) is 0.904. The van der Waals surface area contributed by atoms with Crippen molar-refractivity contribution in [2.75, 3.05) is 0 Å². The summed E-state index contributed by atoms with van der Waals surface area (Å²) in [5.74, 6) is 0. The quantitative estimate of drug-likeness (QED) is 0.749. The molecule has 0 bridgehead atoms. The van der Waals surface area contributed by atoms with Gasteiger partial charge in [-0.25, -0.2) is 4.98 Å². The van der Waals surface area contributed by atoms with E-state index in [1.165, 1.54) is 29.5 Å². The molecular formula is C11H12FNO2S2. The van der Waals surface area contributed by atoms with Crippen LogP contribution in [0.4, 0.5) is 3.89 Å². The molecular weight excluding hydrogens is 261 g/mol. The van der Waals surface area contributed by atoms with Crippen molar-refractivity contribution in [1.29, 1.82) is 0 Å². The lowest BCUT2D eigenvalue weighted by Gasteiger charge is -2.13. The highest BCUT2D eigenvalue weighted by molar-refractivity contribution is 7.86. The van der Waals surface area contributed by atoms with Crippen LogP contribution in [0.5, 0.6) is 0 Å². The molecule has 0 radical (unpaired) electrons. The highest BCUT2D eigenvalue weighted by Crippen LogP contribution is 2.32. The van der Waals surface area contributed by atoms with Gasteiger partial charge in [-0.2, -0.15) is 8.42 Å². The number of aromatic nitrogens is 1. The van der Waals surface area contributed by atoms with E-state index >= 15 is 0 Å². The number of rotatable bonds is 1. The molecule has 2 rings (SSSR count). The van der Waals surface area contributed by atoms with Gasteiger partial charge in [0.25, 0.3) is 0 Å². The maximum Gasteiger partial charge on any atom is 0.332 e. The summed E-state index contributed by atoms with van der Waals surface area (Å²) in [6, 6.07) is 4.11. The molecule has 0 unspecified atom stereocenters. The first-order valence-corrected chi connectivity index (χ1v) is 7.24. The molecule has 1 aromatic carbocycles. The van der Waals surface area contributed by atoms with E-state index < -0.39 is 10.2 Å². The van der Waals surface area contributed by atoms with E-state index in [1.807, 2.05) is 20.8 Å². The normalized spacial score (nSPS) is 13.2. The fourth-order valence-electron chi connectivity index (χ4n) is 1.38. The molecule has 17 heavy (non-hydrogen) atoms. The van der Waals surface area contributed by atoms with E-state index in [0.29, 0.717) is 10.2 Å². The van der Waals surface area contributed by atoms with Crippen LogP contribution in [0.3, 0.4) is 0 Å². The minimum absolute atomic E-state index is 0.0988.